The van der Waals surface area contributed by atoms with E-state index in [1.165, 1.54) is 25.7 Å². The van der Waals surface area contributed by atoms with E-state index in [2.05, 4.69) is 4.90 Å². The third-order valence-electron chi connectivity index (χ3n) is 4.27. The minimum Gasteiger partial charge on any atom is -0.344 e. The molecule has 0 spiro atoms. The average molecular weight is 194 g/mol. The van der Waals surface area contributed by atoms with E-state index in [9.17, 15) is 4.79 Å². The predicted octanol–water partition coefficient (Wildman–Crippen LogP) is 0.844. The number of carbonyl (C=O) groups excluding carboxylic acids is 1. The smallest absolute Gasteiger partial charge is 0.239 e. The van der Waals surface area contributed by atoms with Crippen molar-refractivity contribution in [2.24, 2.45) is 0 Å². The van der Waals surface area contributed by atoms with E-state index >= 15 is 0 Å². The van der Waals surface area contributed by atoms with Crippen LogP contribution in [-0.2, 0) is 4.79 Å². The molecule has 3 fully saturated rings. The van der Waals surface area contributed by atoms with Crippen molar-refractivity contribution < 1.29 is 4.79 Å². The first-order valence-corrected chi connectivity index (χ1v) is 5.80. The molecule has 3 heteroatoms. The van der Waals surface area contributed by atoms with E-state index in [1.54, 1.807) is 0 Å². The lowest BCUT2D eigenvalue weighted by atomic mass is 10.0. The van der Waals surface area contributed by atoms with Gasteiger partial charge in [-0.2, -0.15) is 0 Å². The molecule has 1 unspecified atom stereocenters. The molecule has 0 aromatic heterocycles. The molecule has 3 rings (SSSR count). The molecular formula is C11H18N2O. The monoisotopic (exact) mass is 194 g/mol. The Hall–Kier alpha value is -0.570. The fourth-order valence-corrected chi connectivity index (χ4v) is 3.54. The normalized spacial score (nSPS) is 42.8. The van der Waals surface area contributed by atoms with Crippen LogP contribution in [0.2, 0.25) is 0 Å². The Kier molecular flexibility index (Phi) is 1.84. The molecule has 0 aliphatic carbocycles. The van der Waals surface area contributed by atoms with Crippen molar-refractivity contribution in [1.29, 1.82) is 0 Å². The van der Waals surface area contributed by atoms with Gasteiger partial charge in [0.2, 0.25) is 5.91 Å². The van der Waals surface area contributed by atoms with E-state index in [1.807, 2.05) is 11.9 Å². The van der Waals surface area contributed by atoms with Gasteiger partial charge in [0.15, 0.2) is 0 Å². The number of rotatable bonds is 1. The maximum Gasteiger partial charge on any atom is 0.239 e. The van der Waals surface area contributed by atoms with Crippen LogP contribution in [0, 0.1) is 0 Å². The van der Waals surface area contributed by atoms with Crippen molar-refractivity contribution in [3.63, 3.8) is 0 Å². The topological polar surface area (TPSA) is 23.6 Å². The molecule has 3 nitrogen and oxygen atoms in total. The Bertz CT molecular complexity index is 246. The van der Waals surface area contributed by atoms with Gasteiger partial charge < -0.3 is 4.90 Å². The first kappa shape index (κ1) is 8.72. The Labute approximate surface area is 85.1 Å². The molecule has 3 saturated heterocycles. The Morgan fingerprint density at radius 3 is 2.07 bits per heavy atom. The van der Waals surface area contributed by atoms with Crippen LogP contribution in [0.25, 0.3) is 0 Å². The summed E-state index contributed by atoms with van der Waals surface area (Å²) in [7, 11) is 1.93. The minimum absolute atomic E-state index is 0.236. The van der Waals surface area contributed by atoms with Crippen molar-refractivity contribution >= 4 is 5.91 Å². The highest BCUT2D eigenvalue weighted by Crippen LogP contribution is 2.40. The number of hydrogen-bond donors (Lipinski definition) is 0. The number of nitrogens with zero attached hydrogens (tertiary/aromatic N) is 2. The summed E-state index contributed by atoms with van der Waals surface area (Å²) in [5.74, 6) is 0.365. The fourth-order valence-electron chi connectivity index (χ4n) is 3.54. The van der Waals surface area contributed by atoms with Gasteiger partial charge in [-0.15, -0.1) is 0 Å². The van der Waals surface area contributed by atoms with E-state index in [0.717, 1.165) is 25.0 Å². The van der Waals surface area contributed by atoms with E-state index in [4.69, 9.17) is 0 Å². The molecule has 0 saturated carbocycles. The van der Waals surface area contributed by atoms with Crippen LogP contribution in [-0.4, -0.2) is 47.4 Å². The molecule has 3 heterocycles. The Morgan fingerprint density at radius 1 is 1.07 bits per heavy atom. The van der Waals surface area contributed by atoms with Crippen molar-refractivity contribution in [2.75, 3.05) is 13.6 Å². The number of likely N-dealkylation sites (N-methyl/N-ethyl adjacent to an activating group) is 1. The van der Waals surface area contributed by atoms with Crippen LogP contribution in [0.1, 0.15) is 32.1 Å². The molecule has 1 amide bonds. The summed E-state index contributed by atoms with van der Waals surface area (Å²) >= 11 is 0. The van der Waals surface area contributed by atoms with Gasteiger partial charge in [0, 0.05) is 25.7 Å². The van der Waals surface area contributed by atoms with Crippen molar-refractivity contribution in [3.05, 3.63) is 0 Å². The molecule has 2 bridgehead atoms. The Balaban J connectivity index is 1.80. The highest BCUT2D eigenvalue weighted by molar-refractivity contribution is 5.83. The molecule has 0 aromatic rings. The van der Waals surface area contributed by atoms with Gasteiger partial charge >= 0.3 is 0 Å². The summed E-state index contributed by atoms with van der Waals surface area (Å²) in [4.78, 5) is 16.3. The quantitative estimate of drug-likeness (QED) is 0.617. The van der Waals surface area contributed by atoms with Crippen molar-refractivity contribution in [2.45, 2.75) is 50.2 Å². The maximum absolute atomic E-state index is 11.9. The van der Waals surface area contributed by atoms with E-state index < -0.39 is 0 Å². The van der Waals surface area contributed by atoms with Gasteiger partial charge in [-0.25, -0.2) is 0 Å². The van der Waals surface area contributed by atoms with Gasteiger partial charge in [-0.3, -0.25) is 9.69 Å². The predicted molar refractivity (Wildman–Crippen MR) is 53.9 cm³/mol. The van der Waals surface area contributed by atoms with E-state index in [0.29, 0.717) is 5.91 Å². The zero-order chi connectivity index (χ0) is 9.71. The van der Waals surface area contributed by atoms with Gasteiger partial charge in [0.1, 0.15) is 0 Å². The second-order valence-electron chi connectivity index (χ2n) is 4.97. The van der Waals surface area contributed by atoms with Crippen LogP contribution in [0.3, 0.4) is 0 Å². The highest BCUT2D eigenvalue weighted by Gasteiger charge is 2.47. The zero-order valence-electron chi connectivity index (χ0n) is 8.78. The average Bonchev–Trinajstić information content (AvgIpc) is 2.84. The zero-order valence-corrected chi connectivity index (χ0v) is 8.78. The number of likely N-dealkylation sites (tertiary alicyclic amines) is 1. The van der Waals surface area contributed by atoms with Gasteiger partial charge in [-0.05, 0) is 32.1 Å². The first-order valence-electron chi connectivity index (χ1n) is 5.80. The minimum atomic E-state index is 0.236. The Morgan fingerprint density at radius 2 is 1.64 bits per heavy atom. The molecule has 0 N–H and O–H groups in total. The maximum atomic E-state index is 11.9. The molecule has 0 aromatic carbocycles. The summed E-state index contributed by atoms with van der Waals surface area (Å²) in [5.41, 5.74) is 0. The van der Waals surface area contributed by atoms with Gasteiger partial charge in [0.25, 0.3) is 0 Å². The fraction of sp³-hybridized carbons (Fsp3) is 0.909. The first-order chi connectivity index (χ1) is 6.77. The summed E-state index contributed by atoms with van der Waals surface area (Å²) in [6, 6.07) is 1.71. The third kappa shape index (κ3) is 1.05. The SMILES string of the molecule is CN1CCC(N2C3CCC2CC3)C1=O. The molecule has 14 heavy (non-hydrogen) atoms. The molecule has 3 aliphatic rings. The van der Waals surface area contributed by atoms with Crippen LogP contribution in [0.15, 0.2) is 0 Å². The molecule has 1 atom stereocenters. The third-order valence-corrected chi connectivity index (χ3v) is 4.27. The number of hydrogen-bond acceptors (Lipinski definition) is 2. The summed E-state index contributed by atoms with van der Waals surface area (Å²) in [6.45, 7) is 0.958. The van der Waals surface area contributed by atoms with Crippen LogP contribution >= 0.6 is 0 Å². The molecule has 3 aliphatic heterocycles. The second-order valence-corrected chi connectivity index (χ2v) is 4.97. The second kappa shape index (κ2) is 2.96. The number of amides is 1. The van der Waals surface area contributed by atoms with Crippen molar-refractivity contribution in [3.8, 4) is 0 Å². The lowest BCUT2D eigenvalue weighted by Gasteiger charge is -2.27. The number of fused-ring (bicyclic) bond motifs is 2. The van der Waals surface area contributed by atoms with Gasteiger partial charge in [-0.1, -0.05) is 0 Å². The lowest BCUT2D eigenvalue weighted by molar-refractivity contribution is -0.131. The largest absolute Gasteiger partial charge is 0.344 e. The highest BCUT2D eigenvalue weighted by atomic mass is 16.2. The van der Waals surface area contributed by atoms with Crippen LogP contribution in [0.4, 0.5) is 0 Å². The van der Waals surface area contributed by atoms with E-state index in [-0.39, 0.29) is 6.04 Å². The number of carbonyl (C=O) groups is 1. The standard InChI is InChI=1S/C11H18N2O/c1-12-7-6-10(11(12)14)13-8-2-3-9(13)5-4-8/h8-10H,2-7H2,1H3. The summed E-state index contributed by atoms with van der Waals surface area (Å²) in [5, 5.41) is 0. The summed E-state index contributed by atoms with van der Waals surface area (Å²) < 4.78 is 0. The lowest BCUT2D eigenvalue weighted by Crippen LogP contribution is -2.43. The molecular weight excluding hydrogens is 176 g/mol. The van der Waals surface area contributed by atoms with Gasteiger partial charge in [0.05, 0.1) is 6.04 Å². The molecule has 78 valence electrons. The van der Waals surface area contributed by atoms with Crippen LogP contribution < -0.4 is 0 Å². The van der Waals surface area contributed by atoms with Crippen molar-refractivity contribution in [1.82, 2.24) is 9.80 Å². The molecule has 0 radical (unpaired) electrons. The summed E-state index contributed by atoms with van der Waals surface area (Å²) in [6.07, 6.45) is 6.38. The van der Waals surface area contributed by atoms with Crippen LogP contribution in [0.5, 0.6) is 0 Å².